The zero-order valence-electron chi connectivity index (χ0n) is 10.9. The van der Waals surface area contributed by atoms with Crippen LogP contribution < -0.4 is 5.73 Å². The molecule has 96 valence electrons. The van der Waals surface area contributed by atoms with E-state index in [1.807, 2.05) is 0 Å². The number of benzene rings is 1. The Labute approximate surface area is 107 Å². The van der Waals surface area contributed by atoms with E-state index in [2.05, 4.69) is 48.3 Å². The molecule has 18 heavy (non-hydrogen) atoms. The zero-order valence-corrected chi connectivity index (χ0v) is 10.9. The van der Waals surface area contributed by atoms with E-state index in [0.717, 1.165) is 12.8 Å². The first kappa shape index (κ1) is 12.8. The van der Waals surface area contributed by atoms with Gasteiger partial charge in [-0.3, -0.25) is 0 Å². The van der Waals surface area contributed by atoms with Crippen molar-refractivity contribution in [2.24, 2.45) is 5.73 Å². The molecule has 0 bridgehead atoms. The number of hydrogen-bond acceptors (Lipinski definition) is 4. The van der Waals surface area contributed by atoms with Crippen molar-refractivity contribution in [3.05, 3.63) is 47.1 Å². The van der Waals surface area contributed by atoms with Gasteiger partial charge in [0, 0.05) is 6.42 Å². The fourth-order valence-electron chi connectivity index (χ4n) is 1.81. The number of aryl methyl sites for hydroxylation is 1. The third kappa shape index (κ3) is 3.17. The van der Waals surface area contributed by atoms with E-state index in [-0.39, 0.29) is 6.04 Å². The normalized spacial score (nSPS) is 12.6. The summed E-state index contributed by atoms with van der Waals surface area (Å²) >= 11 is 0. The number of nitrogens with zero attached hydrogens (tertiary/aromatic N) is 2. The van der Waals surface area contributed by atoms with Gasteiger partial charge >= 0.3 is 0 Å². The van der Waals surface area contributed by atoms with E-state index in [1.54, 1.807) is 0 Å². The Morgan fingerprint density at radius 3 is 2.67 bits per heavy atom. The second-order valence-electron chi connectivity index (χ2n) is 4.61. The first-order valence-corrected chi connectivity index (χ1v) is 6.32. The molecule has 0 aliphatic carbocycles. The first-order valence-electron chi connectivity index (χ1n) is 6.32. The van der Waals surface area contributed by atoms with Crippen molar-refractivity contribution in [3.8, 4) is 0 Å². The lowest BCUT2D eigenvalue weighted by Gasteiger charge is -2.02. The molecule has 2 N–H and O–H groups in total. The zero-order chi connectivity index (χ0) is 13.0. The van der Waals surface area contributed by atoms with E-state index in [1.165, 1.54) is 11.1 Å². The molecule has 4 nitrogen and oxygen atoms in total. The Balaban J connectivity index is 2.04. The third-order valence-electron chi connectivity index (χ3n) is 2.88. The molecule has 0 amide bonds. The molecule has 2 aromatic rings. The van der Waals surface area contributed by atoms with Gasteiger partial charge in [-0.25, -0.2) is 0 Å². The highest BCUT2D eigenvalue weighted by atomic mass is 16.5. The number of nitrogens with two attached hydrogens (primary N) is 1. The van der Waals surface area contributed by atoms with Gasteiger partial charge in [0.2, 0.25) is 5.89 Å². The highest BCUT2D eigenvalue weighted by Gasteiger charge is 2.13. The molecule has 1 aromatic heterocycles. The van der Waals surface area contributed by atoms with Crippen LogP contribution in [0.15, 0.2) is 28.8 Å². The molecule has 1 atom stereocenters. The summed E-state index contributed by atoms with van der Waals surface area (Å²) in [5, 5.41) is 3.97. The predicted octanol–water partition coefficient (Wildman–Crippen LogP) is 2.77. The van der Waals surface area contributed by atoms with Crippen molar-refractivity contribution in [1.29, 1.82) is 0 Å². The van der Waals surface area contributed by atoms with E-state index in [4.69, 9.17) is 10.3 Å². The van der Waals surface area contributed by atoms with Crippen LogP contribution in [0.1, 0.15) is 48.6 Å². The van der Waals surface area contributed by atoms with E-state index >= 15 is 0 Å². The van der Waals surface area contributed by atoms with Gasteiger partial charge in [0.1, 0.15) is 0 Å². The minimum Gasteiger partial charge on any atom is -0.338 e. The van der Waals surface area contributed by atoms with Crippen molar-refractivity contribution < 1.29 is 4.52 Å². The Morgan fingerprint density at radius 1 is 1.28 bits per heavy atom. The van der Waals surface area contributed by atoms with Crippen molar-refractivity contribution in [2.75, 3.05) is 0 Å². The largest absolute Gasteiger partial charge is 0.338 e. The van der Waals surface area contributed by atoms with Crippen LogP contribution in [0, 0.1) is 6.92 Å². The van der Waals surface area contributed by atoms with Crippen molar-refractivity contribution >= 4 is 0 Å². The molecule has 0 unspecified atom stereocenters. The molecule has 0 radical (unpaired) electrons. The maximum absolute atomic E-state index is 5.94. The number of aromatic nitrogens is 2. The standard InChI is InChI=1S/C14H19N3O/c1-3-4-12(15)14-16-13(17-18-14)9-11-7-5-10(2)6-8-11/h5-8,12H,3-4,9,15H2,1-2H3/t12-/m0/s1. The van der Waals surface area contributed by atoms with E-state index < -0.39 is 0 Å². The highest BCUT2D eigenvalue weighted by Crippen LogP contribution is 2.15. The second kappa shape index (κ2) is 5.78. The van der Waals surface area contributed by atoms with Crippen LogP contribution >= 0.6 is 0 Å². The van der Waals surface area contributed by atoms with Gasteiger partial charge in [-0.1, -0.05) is 48.3 Å². The van der Waals surface area contributed by atoms with Crippen LogP contribution in [0.3, 0.4) is 0 Å². The van der Waals surface area contributed by atoms with Crippen LogP contribution in [-0.2, 0) is 6.42 Å². The fraction of sp³-hybridized carbons (Fsp3) is 0.429. The summed E-state index contributed by atoms with van der Waals surface area (Å²) in [6.45, 7) is 4.16. The maximum Gasteiger partial charge on any atom is 0.243 e. The second-order valence-corrected chi connectivity index (χ2v) is 4.61. The van der Waals surface area contributed by atoms with Crippen LogP contribution in [0.4, 0.5) is 0 Å². The molecular weight excluding hydrogens is 226 g/mol. The van der Waals surface area contributed by atoms with Gasteiger partial charge in [-0.05, 0) is 18.9 Å². The summed E-state index contributed by atoms with van der Waals surface area (Å²) in [7, 11) is 0. The molecule has 0 saturated carbocycles. The summed E-state index contributed by atoms with van der Waals surface area (Å²) in [5.74, 6) is 1.24. The average Bonchev–Trinajstić information content (AvgIpc) is 2.81. The Kier molecular flexibility index (Phi) is 4.10. The summed E-state index contributed by atoms with van der Waals surface area (Å²) in [6, 6.07) is 8.18. The maximum atomic E-state index is 5.94. The van der Waals surface area contributed by atoms with Crippen LogP contribution in [0.25, 0.3) is 0 Å². The molecule has 0 saturated heterocycles. The molecule has 0 spiro atoms. The predicted molar refractivity (Wildman–Crippen MR) is 70.1 cm³/mol. The summed E-state index contributed by atoms with van der Waals surface area (Å²) in [5.41, 5.74) is 8.36. The lowest BCUT2D eigenvalue weighted by molar-refractivity contribution is 0.345. The first-order chi connectivity index (χ1) is 8.69. The molecule has 0 fully saturated rings. The highest BCUT2D eigenvalue weighted by molar-refractivity contribution is 5.23. The molecular formula is C14H19N3O. The van der Waals surface area contributed by atoms with Crippen molar-refractivity contribution in [1.82, 2.24) is 10.1 Å². The molecule has 0 aliphatic rings. The Bertz CT molecular complexity index is 490. The minimum atomic E-state index is -0.144. The monoisotopic (exact) mass is 245 g/mol. The lowest BCUT2D eigenvalue weighted by Crippen LogP contribution is -2.10. The summed E-state index contributed by atoms with van der Waals surface area (Å²) in [6.07, 6.45) is 2.56. The Morgan fingerprint density at radius 2 is 2.00 bits per heavy atom. The Hall–Kier alpha value is -1.68. The van der Waals surface area contributed by atoms with Crippen LogP contribution in [0.2, 0.25) is 0 Å². The van der Waals surface area contributed by atoms with Gasteiger partial charge in [-0.15, -0.1) is 0 Å². The van der Waals surface area contributed by atoms with Gasteiger partial charge in [0.15, 0.2) is 5.82 Å². The van der Waals surface area contributed by atoms with Crippen LogP contribution in [-0.4, -0.2) is 10.1 Å². The summed E-state index contributed by atoms with van der Waals surface area (Å²) < 4.78 is 5.19. The quantitative estimate of drug-likeness (QED) is 0.879. The summed E-state index contributed by atoms with van der Waals surface area (Å²) in [4.78, 5) is 4.34. The van der Waals surface area contributed by atoms with E-state index in [0.29, 0.717) is 18.1 Å². The smallest absolute Gasteiger partial charge is 0.243 e. The molecule has 1 aromatic carbocycles. The van der Waals surface area contributed by atoms with Crippen molar-refractivity contribution in [2.45, 2.75) is 39.2 Å². The SMILES string of the molecule is CCC[C@H](N)c1nc(Cc2ccc(C)cc2)no1. The van der Waals surface area contributed by atoms with Crippen molar-refractivity contribution in [3.63, 3.8) is 0 Å². The lowest BCUT2D eigenvalue weighted by atomic mass is 10.1. The van der Waals surface area contributed by atoms with Gasteiger partial charge in [0.05, 0.1) is 6.04 Å². The number of rotatable bonds is 5. The molecule has 2 rings (SSSR count). The van der Waals surface area contributed by atoms with E-state index in [9.17, 15) is 0 Å². The topological polar surface area (TPSA) is 64.9 Å². The minimum absolute atomic E-state index is 0.144. The molecule has 1 heterocycles. The fourth-order valence-corrected chi connectivity index (χ4v) is 1.81. The average molecular weight is 245 g/mol. The third-order valence-corrected chi connectivity index (χ3v) is 2.88. The van der Waals surface area contributed by atoms with Crippen LogP contribution in [0.5, 0.6) is 0 Å². The molecule has 4 heteroatoms. The van der Waals surface area contributed by atoms with Gasteiger partial charge in [-0.2, -0.15) is 4.98 Å². The molecule has 0 aliphatic heterocycles. The van der Waals surface area contributed by atoms with Gasteiger partial charge in [0.25, 0.3) is 0 Å². The number of hydrogen-bond donors (Lipinski definition) is 1. The van der Waals surface area contributed by atoms with Gasteiger partial charge < -0.3 is 10.3 Å².